The van der Waals surface area contributed by atoms with Gasteiger partial charge < -0.3 is 11.1 Å². The lowest BCUT2D eigenvalue weighted by atomic mass is 9.68. The fourth-order valence-corrected chi connectivity index (χ4v) is 3.35. The molecule has 0 radical (unpaired) electrons. The van der Waals surface area contributed by atoms with Crippen LogP contribution in [-0.4, -0.2) is 12.5 Å². The number of benzene rings is 1. The minimum Gasteiger partial charge on any atom is -0.329 e. The van der Waals surface area contributed by atoms with Crippen molar-refractivity contribution in [1.82, 2.24) is 0 Å². The number of anilines is 1. The molecular formula is C14H16N2OS. The highest BCUT2D eigenvalue weighted by Gasteiger charge is 2.42. The number of nitrogens with two attached hydrogens (primary N) is 1. The van der Waals surface area contributed by atoms with Gasteiger partial charge in [-0.2, -0.15) is 0 Å². The quantitative estimate of drug-likeness (QED) is 0.891. The van der Waals surface area contributed by atoms with Gasteiger partial charge in [0.25, 0.3) is 0 Å². The number of amides is 1. The SMILES string of the molecule is NCC1(C(=O)Nc2csc3ccccc23)CCC1. The summed E-state index contributed by atoms with van der Waals surface area (Å²) in [6, 6.07) is 8.11. The zero-order valence-electron chi connectivity index (χ0n) is 10.1. The highest BCUT2D eigenvalue weighted by atomic mass is 32.1. The van der Waals surface area contributed by atoms with E-state index in [9.17, 15) is 4.79 Å². The molecule has 1 aromatic heterocycles. The molecule has 2 aromatic rings. The molecule has 3 nitrogen and oxygen atoms in total. The molecule has 1 heterocycles. The maximum absolute atomic E-state index is 12.3. The van der Waals surface area contributed by atoms with Gasteiger partial charge in [0.2, 0.25) is 5.91 Å². The number of hydrogen-bond donors (Lipinski definition) is 2. The van der Waals surface area contributed by atoms with Gasteiger partial charge in [0, 0.05) is 22.0 Å². The van der Waals surface area contributed by atoms with Crippen LogP contribution in [0.4, 0.5) is 5.69 Å². The molecule has 94 valence electrons. The summed E-state index contributed by atoms with van der Waals surface area (Å²) in [6.07, 6.45) is 2.93. The normalized spacial score (nSPS) is 17.4. The lowest BCUT2D eigenvalue weighted by molar-refractivity contribution is -0.129. The summed E-state index contributed by atoms with van der Waals surface area (Å²) >= 11 is 1.65. The number of carbonyl (C=O) groups is 1. The molecule has 3 N–H and O–H groups in total. The Kier molecular flexibility index (Phi) is 2.84. The number of rotatable bonds is 3. The molecule has 0 spiro atoms. The largest absolute Gasteiger partial charge is 0.329 e. The van der Waals surface area contributed by atoms with Crippen molar-refractivity contribution >= 4 is 33.0 Å². The third kappa shape index (κ3) is 1.72. The molecule has 0 saturated heterocycles. The van der Waals surface area contributed by atoms with E-state index >= 15 is 0 Å². The summed E-state index contributed by atoms with van der Waals surface area (Å²) in [5, 5.41) is 6.17. The first-order valence-corrected chi connectivity index (χ1v) is 7.11. The van der Waals surface area contributed by atoms with E-state index < -0.39 is 0 Å². The molecule has 1 aliphatic carbocycles. The van der Waals surface area contributed by atoms with Crippen LogP contribution in [0.15, 0.2) is 29.6 Å². The summed E-state index contributed by atoms with van der Waals surface area (Å²) < 4.78 is 1.20. The van der Waals surface area contributed by atoms with E-state index in [4.69, 9.17) is 5.73 Å². The van der Waals surface area contributed by atoms with Crippen LogP contribution in [0.5, 0.6) is 0 Å². The smallest absolute Gasteiger partial charge is 0.231 e. The maximum Gasteiger partial charge on any atom is 0.231 e. The Labute approximate surface area is 110 Å². The summed E-state index contributed by atoms with van der Waals surface area (Å²) in [5.74, 6) is 0.0832. The van der Waals surface area contributed by atoms with Crippen LogP contribution < -0.4 is 11.1 Å². The van der Waals surface area contributed by atoms with Gasteiger partial charge in [-0.3, -0.25) is 4.79 Å². The topological polar surface area (TPSA) is 55.1 Å². The van der Waals surface area contributed by atoms with Gasteiger partial charge in [0.1, 0.15) is 0 Å². The average molecular weight is 260 g/mol. The van der Waals surface area contributed by atoms with Gasteiger partial charge in [0.15, 0.2) is 0 Å². The van der Waals surface area contributed by atoms with Crippen LogP contribution >= 0.6 is 11.3 Å². The summed E-state index contributed by atoms with van der Waals surface area (Å²) in [7, 11) is 0. The Morgan fingerprint density at radius 3 is 2.83 bits per heavy atom. The van der Waals surface area contributed by atoms with E-state index in [1.165, 1.54) is 4.70 Å². The van der Waals surface area contributed by atoms with Gasteiger partial charge >= 0.3 is 0 Å². The van der Waals surface area contributed by atoms with Gasteiger partial charge in [-0.25, -0.2) is 0 Å². The van der Waals surface area contributed by atoms with Crippen LogP contribution in [0, 0.1) is 5.41 Å². The molecule has 0 bridgehead atoms. The first kappa shape index (κ1) is 11.7. The third-order valence-corrected chi connectivity index (χ3v) is 4.88. The zero-order valence-corrected chi connectivity index (χ0v) is 10.9. The minimum atomic E-state index is -0.316. The number of hydrogen-bond acceptors (Lipinski definition) is 3. The van der Waals surface area contributed by atoms with Crippen molar-refractivity contribution in [2.75, 3.05) is 11.9 Å². The Morgan fingerprint density at radius 2 is 2.17 bits per heavy atom. The lowest BCUT2D eigenvalue weighted by Gasteiger charge is -2.38. The Balaban J connectivity index is 1.86. The summed E-state index contributed by atoms with van der Waals surface area (Å²) in [6.45, 7) is 0.445. The van der Waals surface area contributed by atoms with E-state index in [-0.39, 0.29) is 11.3 Å². The van der Waals surface area contributed by atoms with E-state index in [1.54, 1.807) is 11.3 Å². The molecule has 0 aliphatic heterocycles. The van der Waals surface area contributed by atoms with Crippen LogP contribution in [0.25, 0.3) is 10.1 Å². The van der Waals surface area contributed by atoms with Crippen molar-refractivity contribution in [3.63, 3.8) is 0 Å². The number of carbonyl (C=O) groups excluding carboxylic acids is 1. The molecule has 1 aliphatic rings. The van der Waals surface area contributed by atoms with Crippen LogP contribution in [0.2, 0.25) is 0 Å². The molecular weight excluding hydrogens is 244 g/mol. The monoisotopic (exact) mass is 260 g/mol. The standard InChI is InChI=1S/C14H16N2OS/c15-9-14(6-3-7-14)13(17)16-11-8-18-12-5-2-1-4-10(11)12/h1-2,4-5,8H,3,6-7,9,15H2,(H,16,17). The van der Waals surface area contributed by atoms with Crippen molar-refractivity contribution in [2.45, 2.75) is 19.3 Å². The lowest BCUT2D eigenvalue weighted by Crippen LogP contribution is -2.47. The van der Waals surface area contributed by atoms with Crippen molar-refractivity contribution in [3.8, 4) is 0 Å². The zero-order chi connectivity index (χ0) is 12.6. The predicted molar refractivity (Wildman–Crippen MR) is 75.8 cm³/mol. The van der Waals surface area contributed by atoms with E-state index in [0.717, 1.165) is 30.3 Å². The molecule has 0 atom stereocenters. The number of nitrogens with one attached hydrogen (secondary N) is 1. The Bertz CT molecular complexity index is 581. The average Bonchev–Trinajstić information content (AvgIpc) is 2.72. The van der Waals surface area contributed by atoms with Crippen LogP contribution in [0.1, 0.15) is 19.3 Å². The van der Waals surface area contributed by atoms with Crippen molar-refractivity contribution in [3.05, 3.63) is 29.6 Å². The molecule has 4 heteroatoms. The first-order chi connectivity index (χ1) is 8.75. The Hall–Kier alpha value is -1.39. The van der Waals surface area contributed by atoms with Crippen LogP contribution in [0.3, 0.4) is 0 Å². The molecule has 0 unspecified atom stereocenters. The fourth-order valence-electron chi connectivity index (χ4n) is 2.46. The first-order valence-electron chi connectivity index (χ1n) is 6.23. The van der Waals surface area contributed by atoms with Crippen molar-refractivity contribution in [2.24, 2.45) is 11.1 Å². The van der Waals surface area contributed by atoms with Gasteiger partial charge in [0.05, 0.1) is 11.1 Å². The Morgan fingerprint density at radius 1 is 1.39 bits per heavy atom. The van der Waals surface area contributed by atoms with Gasteiger partial charge in [-0.05, 0) is 18.9 Å². The van der Waals surface area contributed by atoms with E-state index in [2.05, 4.69) is 11.4 Å². The second-order valence-electron chi connectivity index (χ2n) is 4.94. The molecule has 1 aromatic carbocycles. The maximum atomic E-state index is 12.3. The molecule has 18 heavy (non-hydrogen) atoms. The molecule has 1 amide bonds. The highest BCUT2D eigenvalue weighted by molar-refractivity contribution is 7.17. The summed E-state index contributed by atoms with van der Waals surface area (Å²) in [4.78, 5) is 12.3. The fraction of sp³-hybridized carbons (Fsp3) is 0.357. The van der Waals surface area contributed by atoms with Crippen molar-refractivity contribution in [1.29, 1.82) is 0 Å². The highest BCUT2D eigenvalue weighted by Crippen LogP contribution is 2.41. The minimum absolute atomic E-state index is 0.0832. The predicted octanol–water partition coefficient (Wildman–Crippen LogP) is 2.97. The van der Waals surface area contributed by atoms with Crippen LogP contribution in [-0.2, 0) is 4.79 Å². The second kappa shape index (κ2) is 4.37. The molecule has 3 rings (SSSR count). The number of thiophene rings is 1. The van der Waals surface area contributed by atoms with E-state index in [1.807, 2.05) is 23.6 Å². The van der Waals surface area contributed by atoms with E-state index in [0.29, 0.717) is 6.54 Å². The summed E-state index contributed by atoms with van der Waals surface area (Å²) in [5.41, 5.74) is 6.35. The van der Waals surface area contributed by atoms with Gasteiger partial charge in [-0.1, -0.05) is 24.6 Å². The third-order valence-electron chi connectivity index (χ3n) is 3.91. The molecule has 1 saturated carbocycles. The van der Waals surface area contributed by atoms with Gasteiger partial charge in [-0.15, -0.1) is 11.3 Å². The second-order valence-corrected chi connectivity index (χ2v) is 5.85. The number of fused-ring (bicyclic) bond motifs is 1. The van der Waals surface area contributed by atoms with Crippen molar-refractivity contribution < 1.29 is 4.79 Å². The molecule has 1 fully saturated rings.